The number of hydrogen-bond acceptors (Lipinski definition) is 4. The first-order valence-corrected chi connectivity index (χ1v) is 11.2. The third-order valence-corrected chi connectivity index (χ3v) is 6.04. The summed E-state index contributed by atoms with van der Waals surface area (Å²) in [4.78, 5) is 24.8. The Morgan fingerprint density at radius 1 is 0.971 bits per heavy atom. The first-order valence-electron chi connectivity index (χ1n) is 11.2. The average molecular weight is 457 g/mol. The summed E-state index contributed by atoms with van der Waals surface area (Å²) in [5.74, 6) is -0.548. The van der Waals surface area contributed by atoms with E-state index in [0.717, 1.165) is 16.7 Å². The van der Waals surface area contributed by atoms with Gasteiger partial charge >= 0.3 is 5.97 Å². The molecule has 0 bridgehead atoms. The predicted molar refractivity (Wildman–Crippen MR) is 134 cm³/mol. The molecule has 3 aromatic carbocycles. The number of benzene rings is 3. The second-order valence-corrected chi connectivity index (χ2v) is 9.64. The van der Waals surface area contributed by atoms with Crippen LogP contribution in [-0.4, -0.2) is 11.1 Å². The van der Waals surface area contributed by atoms with Crippen molar-refractivity contribution < 1.29 is 19.1 Å². The van der Waals surface area contributed by atoms with Gasteiger partial charge in [0.1, 0.15) is 12.2 Å². The largest absolute Gasteiger partial charge is 0.481 e. The van der Waals surface area contributed by atoms with Crippen LogP contribution in [0.5, 0.6) is 5.75 Å². The van der Waals surface area contributed by atoms with E-state index in [0.29, 0.717) is 22.3 Å². The quantitative estimate of drug-likeness (QED) is 0.364. The molecular weight excluding hydrogens is 428 g/mol. The molecule has 0 fully saturated rings. The van der Waals surface area contributed by atoms with Crippen LogP contribution in [0.3, 0.4) is 0 Å². The highest BCUT2D eigenvalue weighted by Crippen LogP contribution is 2.34. The molecule has 4 aromatic rings. The van der Waals surface area contributed by atoms with Crippen molar-refractivity contribution in [1.29, 1.82) is 0 Å². The predicted octanol–water partition coefficient (Wildman–Crippen LogP) is 6.65. The Balaban J connectivity index is 1.84. The van der Waals surface area contributed by atoms with Crippen molar-refractivity contribution in [1.82, 2.24) is 0 Å². The number of carbonyl (C=O) groups is 1. The Morgan fingerprint density at radius 2 is 1.65 bits per heavy atom. The van der Waals surface area contributed by atoms with Crippen LogP contribution in [0.25, 0.3) is 22.3 Å². The maximum Gasteiger partial charge on any atom is 0.335 e. The molecular formula is C29H28O5. The highest BCUT2D eigenvalue weighted by molar-refractivity contribution is 5.87. The highest BCUT2D eigenvalue weighted by Gasteiger charge is 2.20. The third-order valence-electron chi connectivity index (χ3n) is 6.04. The van der Waals surface area contributed by atoms with E-state index in [4.69, 9.17) is 9.15 Å². The molecule has 174 valence electrons. The lowest BCUT2D eigenvalue weighted by molar-refractivity contribution is 0.0696. The van der Waals surface area contributed by atoms with Crippen molar-refractivity contribution in [2.24, 2.45) is 0 Å². The van der Waals surface area contributed by atoms with E-state index in [9.17, 15) is 14.7 Å². The Hall–Kier alpha value is -3.86. The summed E-state index contributed by atoms with van der Waals surface area (Å²) in [5.41, 5.74) is 4.97. The van der Waals surface area contributed by atoms with Gasteiger partial charge in [0.25, 0.3) is 0 Å². The molecule has 0 unspecified atom stereocenters. The molecule has 1 N–H and O–H groups in total. The van der Waals surface area contributed by atoms with Crippen molar-refractivity contribution in [3.63, 3.8) is 0 Å². The Kier molecular flexibility index (Phi) is 6.05. The topological polar surface area (TPSA) is 76.7 Å². The Morgan fingerprint density at radius 3 is 2.29 bits per heavy atom. The van der Waals surface area contributed by atoms with Gasteiger partial charge in [0.2, 0.25) is 11.2 Å². The van der Waals surface area contributed by atoms with Gasteiger partial charge in [-0.2, -0.15) is 0 Å². The molecule has 1 aromatic heterocycles. The minimum Gasteiger partial charge on any atom is -0.481 e. The van der Waals surface area contributed by atoms with E-state index in [1.807, 2.05) is 50.2 Å². The van der Waals surface area contributed by atoms with Crippen molar-refractivity contribution in [3.05, 3.63) is 98.7 Å². The zero-order chi connectivity index (χ0) is 24.6. The summed E-state index contributed by atoms with van der Waals surface area (Å²) in [5, 5.41) is 9.72. The van der Waals surface area contributed by atoms with Gasteiger partial charge in [0.15, 0.2) is 5.76 Å². The number of rotatable bonds is 5. The molecule has 0 radical (unpaired) electrons. The summed E-state index contributed by atoms with van der Waals surface area (Å²) < 4.78 is 12.3. The van der Waals surface area contributed by atoms with E-state index in [2.05, 4.69) is 20.8 Å². The molecule has 1 heterocycles. The lowest BCUT2D eigenvalue weighted by Crippen LogP contribution is -2.12. The van der Waals surface area contributed by atoms with Crippen molar-refractivity contribution in [3.8, 4) is 17.1 Å². The summed E-state index contributed by atoms with van der Waals surface area (Å²) in [7, 11) is 0. The molecule has 0 aliphatic rings. The van der Waals surface area contributed by atoms with E-state index in [1.165, 1.54) is 17.7 Å². The van der Waals surface area contributed by atoms with E-state index >= 15 is 0 Å². The zero-order valence-corrected chi connectivity index (χ0v) is 20.1. The third kappa shape index (κ3) is 4.60. The van der Waals surface area contributed by atoms with Crippen LogP contribution in [0.4, 0.5) is 0 Å². The van der Waals surface area contributed by atoms with Gasteiger partial charge in [-0.25, -0.2) is 4.79 Å². The van der Waals surface area contributed by atoms with E-state index in [1.54, 1.807) is 12.1 Å². The molecule has 0 saturated heterocycles. The number of fused-ring (bicyclic) bond motifs is 1. The normalized spacial score (nSPS) is 11.6. The number of hydrogen-bond donors (Lipinski definition) is 1. The van der Waals surface area contributed by atoms with E-state index in [-0.39, 0.29) is 28.8 Å². The van der Waals surface area contributed by atoms with Gasteiger partial charge in [-0.3, -0.25) is 4.79 Å². The zero-order valence-electron chi connectivity index (χ0n) is 20.1. The summed E-state index contributed by atoms with van der Waals surface area (Å²) >= 11 is 0. The van der Waals surface area contributed by atoms with Crippen LogP contribution in [0.15, 0.2) is 69.9 Å². The fraction of sp³-hybridized carbons (Fsp3) is 0.241. The maximum absolute atomic E-state index is 13.5. The molecule has 0 aliphatic heterocycles. The second kappa shape index (κ2) is 8.82. The number of aromatic carboxylic acids is 1. The SMILES string of the molecule is Cc1cc2oc(-c3ccc(C(C)(C)C)cc3)c(OCc3cccc(C(=O)O)c3)c(=O)c2cc1C. The van der Waals surface area contributed by atoms with Crippen molar-refractivity contribution in [2.75, 3.05) is 0 Å². The molecule has 34 heavy (non-hydrogen) atoms. The first kappa shape index (κ1) is 23.3. The summed E-state index contributed by atoms with van der Waals surface area (Å²) in [6.45, 7) is 10.4. The van der Waals surface area contributed by atoms with Crippen molar-refractivity contribution in [2.45, 2.75) is 46.6 Å². The smallest absolute Gasteiger partial charge is 0.335 e. The second-order valence-electron chi connectivity index (χ2n) is 9.64. The summed E-state index contributed by atoms with van der Waals surface area (Å²) in [6.07, 6.45) is 0. The molecule has 5 nitrogen and oxygen atoms in total. The van der Waals surface area contributed by atoms with Gasteiger partial charge < -0.3 is 14.3 Å². The molecule has 0 saturated carbocycles. The van der Waals surface area contributed by atoms with Gasteiger partial charge in [0.05, 0.1) is 10.9 Å². The first-order chi connectivity index (χ1) is 16.0. The standard InChI is InChI=1S/C29H28O5/c1-17-13-23-24(14-18(17)2)34-26(20-9-11-22(12-10-20)29(3,4)5)27(25(23)30)33-16-19-7-6-8-21(15-19)28(31)32/h6-15H,16H2,1-5H3,(H,31,32). The number of ether oxygens (including phenoxy) is 1. The minimum atomic E-state index is -1.02. The molecule has 0 spiro atoms. The van der Waals surface area contributed by atoms with Gasteiger partial charge in [-0.15, -0.1) is 0 Å². The maximum atomic E-state index is 13.5. The molecule has 0 aliphatic carbocycles. The van der Waals surface area contributed by atoms with Crippen LogP contribution < -0.4 is 10.2 Å². The van der Waals surface area contributed by atoms with Gasteiger partial charge in [0, 0.05) is 5.56 Å². The monoisotopic (exact) mass is 456 g/mol. The molecule has 0 amide bonds. The average Bonchev–Trinajstić information content (AvgIpc) is 2.79. The fourth-order valence-electron chi connectivity index (χ4n) is 3.83. The molecule has 0 atom stereocenters. The lowest BCUT2D eigenvalue weighted by Gasteiger charge is -2.19. The van der Waals surface area contributed by atoms with Crippen LogP contribution in [0, 0.1) is 13.8 Å². The fourth-order valence-corrected chi connectivity index (χ4v) is 3.83. The number of carboxylic acid groups (broad SMARTS) is 1. The Bertz CT molecular complexity index is 1440. The van der Waals surface area contributed by atoms with Gasteiger partial charge in [-0.05, 0) is 65.8 Å². The highest BCUT2D eigenvalue weighted by atomic mass is 16.5. The van der Waals surface area contributed by atoms with Crippen molar-refractivity contribution >= 4 is 16.9 Å². The minimum absolute atomic E-state index is 0.00806. The number of aryl methyl sites for hydroxylation is 2. The van der Waals surface area contributed by atoms with E-state index < -0.39 is 5.97 Å². The molecule has 5 heteroatoms. The number of carboxylic acids is 1. The lowest BCUT2D eigenvalue weighted by atomic mass is 9.86. The Labute approximate surface area is 198 Å². The summed E-state index contributed by atoms with van der Waals surface area (Å²) in [6, 6.07) is 18.1. The molecule has 4 rings (SSSR count). The van der Waals surface area contributed by atoms with Crippen LogP contribution >= 0.6 is 0 Å². The van der Waals surface area contributed by atoms with Crippen LogP contribution in [0.1, 0.15) is 53.4 Å². The van der Waals surface area contributed by atoms with Gasteiger partial charge in [-0.1, -0.05) is 57.2 Å². The van der Waals surface area contributed by atoms with Crippen LogP contribution in [-0.2, 0) is 12.0 Å². The van der Waals surface area contributed by atoms with Crippen LogP contribution in [0.2, 0.25) is 0 Å².